The molecule has 0 fully saturated rings. The minimum atomic E-state index is -3.44. The maximum atomic E-state index is 12.2. The second kappa shape index (κ2) is 7.62. The first kappa shape index (κ1) is 16.1. The van der Waals surface area contributed by atoms with E-state index in [-0.39, 0.29) is 11.5 Å². The topological polar surface area (TPSA) is 75.4 Å². The van der Waals surface area contributed by atoms with Gasteiger partial charge in [-0.25, -0.2) is 12.7 Å². The van der Waals surface area contributed by atoms with E-state index in [2.05, 4.69) is 12.0 Å². The van der Waals surface area contributed by atoms with Crippen molar-refractivity contribution < 1.29 is 13.5 Å². The van der Waals surface area contributed by atoms with Crippen molar-refractivity contribution in [2.75, 3.05) is 20.2 Å². The van der Waals surface area contributed by atoms with Crippen LogP contribution in [0.3, 0.4) is 0 Å². The molecule has 110 valence electrons. The summed E-state index contributed by atoms with van der Waals surface area (Å²) in [7, 11) is -1.84. The standard InChI is InChI=1S/C12H23N3O3S/c1-3-4-5-7-14(2)19(17,18)12-10-13-15(11-12)8-6-9-16/h10-11,16H,3-9H2,1-2H3. The Morgan fingerprint density at radius 1 is 1.37 bits per heavy atom. The number of nitrogens with zero attached hydrogens (tertiary/aromatic N) is 3. The van der Waals surface area contributed by atoms with Gasteiger partial charge in [0.15, 0.2) is 0 Å². The summed E-state index contributed by atoms with van der Waals surface area (Å²) >= 11 is 0. The smallest absolute Gasteiger partial charge is 0.245 e. The number of aliphatic hydroxyl groups excluding tert-OH is 1. The van der Waals surface area contributed by atoms with Gasteiger partial charge in [0.25, 0.3) is 0 Å². The Morgan fingerprint density at radius 3 is 2.74 bits per heavy atom. The Morgan fingerprint density at radius 2 is 2.11 bits per heavy atom. The summed E-state index contributed by atoms with van der Waals surface area (Å²) in [4.78, 5) is 0.212. The number of unbranched alkanes of at least 4 members (excludes halogenated alkanes) is 2. The summed E-state index contributed by atoms with van der Waals surface area (Å²) in [6.07, 6.45) is 6.39. The Hall–Kier alpha value is -0.920. The number of aromatic nitrogens is 2. The largest absolute Gasteiger partial charge is 0.396 e. The fourth-order valence-electron chi connectivity index (χ4n) is 1.72. The maximum Gasteiger partial charge on any atom is 0.245 e. The van der Waals surface area contributed by atoms with Crippen molar-refractivity contribution in [2.45, 2.75) is 44.0 Å². The van der Waals surface area contributed by atoms with Crippen LogP contribution in [0, 0.1) is 0 Å². The van der Waals surface area contributed by atoms with Crippen LogP contribution < -0.4 is 0 Å². The molecule has 19 heavy (non-hydrogen) atoms. The number of hydrogen-bond donors (Lipinski definition) is 1. The molecular formula is C12H23N3O3S. The number of aryl methyl sites for hydroxylation is 1. The molecule has 1 heterocycles. The third kappa shape index (κ3) is 4.59. The lowest BCUT2D eigenvalue weighted by Gasteiger charge is -2.15. The molecule has 0 saturated heterocycles. The van der Waals surface area contributed by atoms with Crippen LogP contribution in [0.4, 0.5) is 0 Å². The molecule has 1 aromatic heterocycles. The van der Waals surface area contributed by atoms with Crippen LogP contribution in [0.15, 0.2) is 17.3 Å². The average molecular weight is 289 g/mol. The summed E-state index contributed by atoms with van der Waals surface area (Å²) in [5, 5.41) is 12.7. The van der Waals surface area contributed by atoms with Crippen LogP contribution >= 0.6 is 0 Å². The molecule has 0 radical (unpaired) electrons. The van der Waals surface area contributed by atoms with Crippen LogP contribution in [-0.2, 0) is 16.6 Å². The van der Waals surface area contributed by atoms with Crippen molar-refractivity contribution in [2.24, 2.45) is 0 Å². The van der Waals surface area contributed by atoms with Crippen molar-refractivity contribution in [1.29, 1.82) is 0 Å². The SMILES string of the molecule is CCCCCN(C)S(=O)(=O)c1cnn(CCCO)c1. The number of rotatable bonds is 9. The molecule has 0 aromatic carbocycles. The third-order valence-electron chi connectivity index (χ3n) is 2.94. The molecule has 1 N–H and O–H groups in total. The highest BCUT2D eigenvalue weighted by Gasteiger charge is 2.21. The van der Waals surface area contributed by atoms with Crippen molar-refractivity contribution in [3.8, 4) is 0 Å². The van der Waals surface area contributed by atoms with Gasteiger partial charge < -0.3 is 5.11 Å². The van der Waals surface area contributed by atoms with Gasteiger partial charge >= 0.3 is 0 Å². The lowest BCUT2D eigenvalue weighted by molar-refractivity contribution is 0.277. The molecule has 0 aliphatic carbocycles. The zero-order valence-corrected chi connectivity index (χ0v) is 12.4. The summed E-state index contributed by atoms with van der Waals surface area (Å²) in [6, 6.07) is 0. The molecular weight excluding hydrogens is 266 g/mol. The van der Waals surface area contributed by atoms with E-state index in [9.17, 15) is 8.42 Å². The Balaban J connectivity index is 2.68. The van der Waals surface area contributed by atoms with Crippen LogP contribution in [-0.4, -0.2) is 47.8 Å². The van der Waals surface area contributed by atoms with Crippen LogP contribution in [0.1, 0.15) is 32.6 Å². The first-order valence-electron chi connectivity index (χ1n) is 6.62. The Labute approximate surface area is 115 Å². The molecule has 0 saturated carbocycles. The molecule has 0 spiro atoms. The van der Waals surface area contributed by atoms with Crippen LogP contribution in [0.5, 0.6) is 0 Å². The number of hydrogen-bond acceptors (Lipinski definition) is 4. The maximum absolute atomic E-state index is 12.2. The van der Waals surface area contributed by atoms with Gasteiger partial charge in [0, 0.05) is 32.9 Å². The van der Waals surface area contributed by atoms with Gasteiger partial charge in [-0.2, -0.15) is 5.10 Å². The van der Waals surface area contributed by atoms with E-state index in [1.807, 2.05) is 0 Å². The lowest BCUT2D eigenvalue weighted by Crippen LogP contribution is -2.27. The van der Waals surface area contributed by atoms with Crippen LogP contribution in [0.2, 0.25) is 0 Å². The van der Waals surface area contributed by atoms with Gasteiger partial charge in [0.1, 0.15) is 4.90 Å². The lowest BCUT2D eigenvalue weighted by atomic mass is 10.2. The molecule has 0 aliphatic heterocycles. The fraction of sp³-hybridized carbons (Fsp3) is 0.750. The first-order valence-corrected chi connectivity index (χ1v) is 8.06. The number of aliphatic hydroxyl groups is 1. The minimum absolute atomic E-state index is 0.0683. The van der Waals surface area contributed by atoms with E-state index >= 15 is 0 Å². The van der Waals surface area contributed by atoms with Crippen molar-refractivity contribution >= 4 is 10.0 Å². The first-order chi connectivity index (χ1) is 9.02. The molecule has 0 amide bonds. The predicted octanol–water partition coefficient (Wildman–Crippen LogP) is 1.08. The summed E-state index contributed by atoms with van der Waals surface area (Å²) in [5.74, 6) is 0. The fourth-order valence-corrected chi connectivity index (χ4v) is 2.88. The van der Waals surface area contributed by atoms with Gasteiger partial charge in [-0.15, -0.1) is 0 Å². The van der Waals surface area contributed by atoms with E-state index < -0.39 is 10.0 Å². The van der Waals surface area contributed by atoms with Gasteiger partial charge in [-0.3, -0.25) is 4.68 Å². The monoisotopic (exact) mass is 289 g/mol. The van der Waals surface area contributed by atoms with Crippen molar-refractivity contribution in [3.05, 3.63) is 12.4 Å². The summed E-state index contributed by atoms with van der Waals surface area (Å²) < 4.78 is 27.4. The normalized spacial score (nSPS) is 12.2. The molecule has 0 bridgehead atoms. The molecule has 7 heteroatoms. The van der Waals surface area contributed by atoms with Gasteiger partial charge in [-0.05, 0) is 12.8 Å². The average Bonchev–Trinajstić information content (AvgIpc) is 2.85. The van der Waals surface area contributed by atoms with E-state index in [4.69, 9.17) is 5.11 Å². The zero-order chi connectivity index (χ0) is 14.3. The van der Waals surface area contributed by atoms with Crippen LogP contribution in [0.25, 0.3) is 0 Å². The second-order valence-corrected chi connectivity index (χ2v) is 6.59. The quantitative estimate of drug-likeness (QED) is 0.690. The van der Waals surface area contributed by atoms with E-state index in [0.717, 1.165) is 19.3 Å². The summed E-state index contributed by atoms with van der Waals surface area (Å²) in [5.41, 5.74) is 0. The van der Waals surface area contributed by atoms with E-state index in [0.29, 0.717) is 19.5 Å². The molecule has 0 atom stereocenters. The van der Waals surface area contributed by atoms with Crippen molar-refractivity contribution in [3.63, 3.8) is 0 Å². The minimum Gasteiger partial charge on any atom is -0.396 e. The van der Waals surface area contributed by atoms with Gasteiger partial charge in [0.05, 0.1) is 6.20 Å². The summed E-state index contributed by atoms with van der Waals surface area (Å²) in [6.45, 7) is 3.20. The highest BCUT2D eigenvalue weighted by atomic mass is 32.2. The van der Waals surface area contributed by atoms with E-state index in [1.165, 1.54) is 16.7 Å². The highest BCUT2D eigenvalue weighted by Crippen LogP contribution is 2.14. The van der Waals surface area contributed by atoms with E-state index in [1.54, 1.807) is 11.7 Å². The predicted molar refractivity (Wildman–Crippen MR) is 73.3 cm³/mol. The highest BCUT2D eigenvalue weighted by molar-refractivity contribution is 7.89. The molecule has 0 unspecified atom stereocenters. The Bertz CT molecular complexity index is 470. The molecule has 1 aromatic rings. The third-order valence-corrected chi connectivity index (χ3v) is 4.75. The van der Waals surface area contributed by atoms with Crippen molar-refractivity contribution in [1.82, 2.24) is 14.1 Å². The molecule has 6 nitrogen and oxygen atoms in total. The van der Waals surface area contributed by atoms with Gasteiger partial charge in [0.2, 0.25) is 10.0 Å². The molecule has 1 rings (SSSR count). The second-order valence-electron chi connectivity index (χ2n) is 4.55. The number of sulfonamides is 1. The molecule has 0 aliphatic rings. The Kier molecular flexibility index (Phi) is 6.47. The van der Waals surface area contributed by atoms with Gasteiger partial charge in [-0.1, -0.05) is 19.8 Å². The zero-order valence-electron chi connectivity index (χ0n) is 11.6.